The number of hydrogen-bond acceptors (Lipinski definition) is 3. The molecule has 1 aromatic rings. The Hall–Kier alpha value is -0.830. The fourth-order valence-electron chi connectivity index (χ4n) is 3.87. The highest BCUT2D eigenvalue weighted by Crippen LogP contribution is 2.38. The average Bonchev–Trinajstić information content (AvgIpc) is 3.05. The van der Waals surface area contributed by atoms with Crippen molar-refractivity contribution < 1.29 is 5.11 Å². The first-order valence-corrected chi connectivity index (χ1v) is 10.2. The Morgan fingerprint density at radius 2 is 2.04 bits per heavy atom. The Labute approximate surface area is 181 Å². The van der Waals surface area contributed by atoms with Crippen molar-refractivity contribution in [1.82, 2.24) is 20.2 Å². The molecule has 0 spiro atoms. The van der Waals surface area contributed by atoms with Gasteiger partial charge in [0.05, 0.1) is 0 Å². The number of rotatable bonds is 9. The van der Waals surface area contributed by atoms with Gasteiger partial charge in [-0.1, -0.05) is 33.1 Å². The smallest absolute Gasteiger partial charge is 0.191 e. The molecule has 3 N–H and O–H groups in total. The van der Waals surface area contributed by atoms with Gasteiger partial charge in [0.1, 0.15) is 12.4 Å². The molecule has 1 aliphatic rings. The molecule has 1 aromatic heterocycles. The molecule has 1 saturated carbocycles. The summed E-state index contributed by atoms with van der Waals surface area (Å²) in [6.07, 6.45) is 11.0. The van der Waals surface area contributed by atoms with E-state index in [9.17, 15) is 5.11 Å². The van der Waals surface area contributed by atoms with Crippen molar-refractivity contribution in [2.75, 3.05) is 19.7 Å². The molecule has 0 radical (unpaired) electrons. The van der Waals surface area contributed by atoms with Crippen LogP contribution >= 0.6 is 24.0 Å². The SMILES string of the molecule is CCNC(=NCc1nccn1CC(C)C)NCC1(CCO)CCCCC1.I. The number of aromatic nitrogens is 2. The summed E-state index contributed by atoms with van der Waals surface area (Å²) in [5.74, 6) is 2.43. The van der Waals surface area contributed by atoms with Crippen LogP contribution in [-0.2, 0) is 13.1 Å². The van der Waals surface area contributed by atoms with Crippen LogP contribution in [0.5, 0.6) is 0 Å². The molecule has 1 fully saturated rings. The van der Waals surface area contributed by atoms with Crippen molar-refractivity contribution in [3.8, 4) is 0 Å². The summed E-state index contributed by atoms with van der Waals surface area (Å²) in [4.78, 5) is 9.21. The minimum Gasteiger partial charge on any atom is -0.396 e. The van der Waals surface area contributed by atoms with Gasteiger partial charge in [0.15, 0.2) is 5.96 Å². The highest BCUT2D eigenvalue weighted by Gasteiger charge is 2.31. The lowest BCUT2D eigenvalue weighted by Crippen LogP contribution is -2.45. The Kier molecular flexibility index (Phi) is 11.3. The number of aliphatic imine (C=N–C) groups is 1. The van der Waals surface area contributed by atoms with Gasteiger partial charge in [-0.2, -0.15) is 0 Å². The van der Waals surface area contributed by atoms with Crippen LogP contribution in [0, 0.1) is 11.3 Å². The number of hydrogen-bond donors (Lipinski definition) is 3. The van der Waals surface area contributed by atoms with Gasteiger partial charge >= 0.3 is 0 Å². The summed E-state index contributed by atoms with van der Waals surface area (Å²) >= 11 is 0. The molecule has 7 heteroatoms. The van der Waals surface area contributed by atoms with Gasteiger partial charge in [-0.3, -0.25) is 0 Å². The average molecular weight is 491 g/mol. The second-order valence-electron chi connectivity index (χ2n) is 7.97. The number of aliphatic hydroxyl groups is 1. The third kappa shape index (κ3) is 7.97. The predicted molar refractivity (Wildman–Crippen MR) is 123 cm³/mol. The molecule has 1 heterocycles. The number of nitrogens with one attached hydrogen (secondary N) is 2. The largest absolute Gasteiger partial charge is 0.396 e. The van der Waals surface area contributed by atoms with E-state index in [1.54, 1.807) is 0 Å². The fourth-order valence-corrected chi connectivity index (χ4v) is 3.87. The molecule has 0 aliphatic heterocycles. The first kappa shape index (κ1) is 24.2. The summed E-state index contributed by atoms with van der Waals surface area (Å²) < 4.78 is 2.19. The second-order valence-corrected chi connectivity index (χ2v) is 7.97. The lowest BCUT2D eigenvalue weighted by molar-refractivity contribution is 0.131. The zero-order chi connectivity index (χ0) is 18.8. The topological polar surface area (TPSA) is 74.5 Å². The molecule has 0 unspecified atom stereocenters. The maximum atomic E-state index is 9.50. The van der Waals surface area contributed by atoms with E-state index < -0.39 is 0 Å². The second kappa shape index (κ2) is 12.6. The van der Waals surface area contributed by atoms with Crippen molar-refractivity contribution in [2.45, 2.75) is 72.4 Å². The van der Waals surface area contributed by atoms with Crippen molar-refractivity contribution >= 4 is 29.9 Å². The standard InChI is InChI=1S/C20H37N5O.HI/c1-4-21-19(23-14-18-22-11-12-25(18)15-17(2)3)24-16-20(10-13-26)8-6-5-7-9-20;/h11-12,17,26H,4-10,13-16H2,1-3H3,(H2,21,23,24);1H. The van der Waals surface area contributed by atoms with E-state index in [0.717, 1.165) is 37.8 Å². The highest BCUT2D eigenvalue weighted by molar-refractivity contribution is 14.0. The van der Waals surface area contributed by atoms with Crippen molar-refractivity contribution in [3.05, 3.63) is 18.2 Å². The molecule has 0 bridgehead atoms. The van der Waals surface area contributed by atoms with Gasteiger partial charge in [-0.05, 0) is 37.5 Å². The quantitative estimate of drug-likeness (QED) is 0.281. The molecular formula is C20H38IN5O. The van der Waals surface area contributed by atoms with Crippen LogP contribution in [-0.4, -0.2) is 40.3 Å². The van der Waals surface area contributed by atoms with E-state index in [2.05, 4.69) is 41.0 Å². The third-order valence-corrected chi connectivity index (χ3v) is 5.27. The molecule has 0 amide bonds. The van der Waals surface area contributed by atoms with Crippen LogP contribution in [0.15, 0.2) is 17.4 Å². The monoisotopic (exact) mass is 491 g/mol. The lowest BCUT2D eigenvalue weighted by Gasteiger charge is -2.37. The lowest BCUT2D eigenvalue weighted by atomic mass is 9.72. The number of guanidine groups is 1. The van der Waals surface area contributed by atoms with Gasteiger partial charge < -0.3 is 20.3 Å². The van der Waals surface area contributed by atoms with Crippen LogP contribution in [0.25, 0.3) is 0 Å². The van der Waals surface area contributed by atoms with Crippen LogP contribution in [0.1, 0.15) is 65.1 Å². The molecule has 156 valence electrons. The van der Waals surface area contributed by atoms with Gasteiger partial charge in [0, 0.05) is 38.6 Å². The van der Waals surface area contributed by atoms with E-state index in [0.29, 0.717) is 12.5 Å². The Bertz CT molecular complexity index is 547. The van der Waals surface area contributed by atoms with Crippen LogP contribution in [0.3, 0.4) is 0 Å². The van der Waals surface area contributed by atoms with E-state index in [1.807, 2.05) is 12.4 Å². The number of imidazole rings is 1. The van der Waals surface area contributed by atoms with E-state index in [4.69, 9.17) is 4.99 Å². The van der Waals surface area contributed by atoms with Gasteiger partial charge in [0.25, 0.3) is 0 Å². The molecule has 0 aromatic carbocycles. The number of halogens is 1. The van der Waals surface area contributed by atoms with Crippen molar-refractivity contribution in [2.24, 2.45) is 16.3 Å². The predicted octanol–water partition coefficient (Wildman–Crippen LogP) is 3.55. The van der Waals surface area contributed by atoms with E-state index in [-0.39, 0.29) is 36.0 Å². The molecule has 0 saturated heterocycles. The maximum Gasteiger partial charge on any atom is 0.191 e. The normalized spacial score (nSPS) is 16.9. The summed E-state index contributed by atoms with van der Waals surface area (Å²) in [6, 6.07) is 0. The third-order valence-electron chi connectivity index (χ3n) is 5.27. The molecule has 27 heavy (non-hydrogen) atoms. The van der Waals surface area contributed by atoms with Crippen molar-refractivity contribution in [3.63, 3.8) is 0 Å². The molecule has 6 nitrogen and oxygen atoms in total. The first-order valence-electron chi connectivity index (χ1n) is 10.2. The minimum absolute atomic E-state index is 0. The van der Waals surface area contributed by atoms with Gasteiger partial charge in [-0.15, -0.1) is 24.0 Å². The molecular weight excluding hydrogens is 453 g/mol. The zero-order valence-electron chi connectivity index (χ0n) is 17.2. The van der Waals surface area contributed by atoms with E-state index in [1.165, 1.54) is 32.1 Å². The number of aliphatic hydroxyl groups excluding tert-OH is 1. The summed E-state index contributed by atoms with van der Waals surface area (Å²) in [5, 5.41) is 16.4. The van der Waals surface area contributed by atoms with Gasteiger partial charge in [-0.25, -0.2) is 9.98 Å². The van der Waals surface area contributed by atoms with Gasteiger partial charge in [0.2, 0.25) is 0 Å². The summed E-state index contributed by atoms with van der Waals surface area (Å²) in [5.41, 5.74) is 0.208. The Balaban J connectivity index is 0.00000364. The Morgan fingerprint density at radius 1 is 1.30 bits per heavy atom. The van der Waals surface area contributed by atoms with Crippen LogP contribution in [0.4, 0.5) is 0 Å². The fraction of sp³-hybridized carbons (Fsp3) is 0.800. The Morgan fingerprint density at radius 3 is 2.67 bits per heavy atom. The molecule has 2 rings (SSSR count). The maximum absolute atomic E-state index is 9.50. The summed E-state index contributed by atoms with van der Waals surface area (Å²) in [6.45, 7) is 10.0. The van der Waals surface area contributed by atoms with E-state index >= 15 is 0 Å². The highest BCUT2D eigenvalue weighted by atomic mass is 127. The van der Waals surface area contributed by atoms with Crippen molar-refractivity contribution in [1.29, 1.82) is 0 Å². The molecule has 1 aliphatic carbocycles. The zero-order valence-corrected chi connectivity index (χ0v) is 19.5. The minimum atomic E-state index is 0. The number of nitrogens with zero attached hydrogens (tertiary/aromatic N) is 3. The van der Waals surface area contributed by atoms with Crippen LogP contribution in [0.2, 0.25) is 0 Å². The molecule has 0 atom stereocenters. The first-order chi connectivity index (χ1) is 12.6. The van der Waals surface area contributed by atoms with Crippen LogP contribution < -0.4 is 10.6 Å². The summed E-state index contributed by atoms with van der Waals surface area (Å²) in [7, 11) is 0.